The first kappa shape index (κ1) is 23.5. The summed E-state index contributed by atoms with van der Waals surface area (Å²) in [5, 5.41) is 0. The molecule has 0 N–H and O–H groups in total. The van der Waals surface area contributed by atoms with E-state index < -0.39 is 40.9 Å². The molecule has 0 saturated carbocycles. The molecule has 0 aliphatic carbocycles. The van der Waals surface area contributed by atoms with Crippen LogP contribution in [-0.2, 0) is 12.1 Å². The summed E-state index contributed by atoms with van der Waals surface area (Å²) in [6.45, 7) is 1.39. The molecular formula is C18H11BrF10. The first-order valence-corrected chi connectivity index (χ1v) is 8.66. The molecule has 0 aromatic heterocycles. The van der Waals surface area contributed by atoms with Crippen molar-refractivity contribution >= 4 is 15.9 Å². The lowest BCUT2D eigenvalue weighted by Crippen LogP contribution is -2.60. The van der Waals surface area contributed by atoms with Crippen LogP contribution in [0.1, 0.15) is 18.1 Å². The van der Waals surface area contributed by atoms with E-state index in [2.05, 4.69) is 15.9 Å². The quantitative estimate of drug-likeness (QED) is 0.379. The van der Waals surface area contributed by atoms with Gasteiger partial charge in [-0.2, -0.15) is 35.1 Å². The summed E-state index contributed by atoms with van der Waals surface area (Å²) in [6, 6.07) is 4.64. The van der Waals surface area contributed by atoms with Gasteiger partial charge in [-0.15, -0.1) is 0 Å². The van der Waals surface area contributed by atoms with E-state index >= 15 is 4.39 Å². The molecule has 0 radical (unpaired) electrons. The summed E-state index contributed by atoms with van der Waals surface area (Å²) >= 11 is 2.82. The van der Waals surface area contributed by atoms with Crippen molar-refractivity contribution in [1.82, 2.24) is 0 Å². The van der Waals surface area contributed by atoms with Gasteiger partial charge < -0.3 is 0 Å². The smallest absolute Gasteiger partial charge is 0.221 e. The number of alkyl halides is 9. The van der Waals surface area contributed by atoms with E-state index in [0.717, 1.165) is 30.3 Å². The number of hydrogen-bond acceptors (Lipinski definition) is 0. The minimum absolute atomic E-state index is 0.0825. The second kappa shape index (κ2) is 7.48. The fourth-order valence-corrected chi connectivity index (χ4v) is 3.48. The summed E-state index contributed by atoms with van der Waals surface area (Å²) in [7, 11) is 0. The predicted molar refractivity (Wildman–Crippen MR) is 88.8 cm³/mol. The van der Waals surface area contributed by atoms with Crippen molar-refractivity contribution in [3.05, 3.63) is 57.8 Å². The molecule has 0 spiro atoms. The normalized spacial score (nSPS) is 15.3. The number of aryl methyl sites for hydroxylation is 1. The van der Waals surface area contributed by atoms with Crippen molar-refractivity contribution in [3.8, 4) is 11.1 Å². The van der Waals surface area contributed by atoms with E-state index in [9.17, 15) is 39.5 Å². The largest absolute Gasteiger partial charge is 0.457 e. The number of benzene rings is 2. The Labute approximate surface area is 166 Å². The van der Waals surface area contributed by atoms with E-state index in [4.69, 9.17) is 0 Å². The van der Waals surface area contributed by atoms with Crippen LogP contribution in [0.25, 0.3) is 11.1 Å². The van der Waals surface area contributed by atoms with Gasteiger partial charge in [-0.1, -0.05) is 41.1 Å². The van der Waals surface area contributed by atoms with Crippen LogP contribution in [0.2, 0.25) is 0 Å². The molecule has 1 atom stereocenters. The zero-order valence-electron chi connectivity index (χ0n) is 14.3. The molecule has 29 heavy (non-hydrogen) atoms. The minimum atomic E-state index is -6.84. The molecule has 0 bridgehead atoms. The van der Waals surface area contributed by atoms with Gasteiger partial charge in [0.2, 0.25) is 0 Å². The van der Waals surface area contributed by atoms with Gasteiger partial charge in [0.25, 0.3) is 0 Å². The lowest BCUT2D eigenvalue weighted by molar-refractivity contribution is -0.389. The second-order valence-corrected chi connectivity index (χ2v) is 6.94. The van der Waals surface area contributed by atoms with E-state index in [1.54, 1.807) is 0 Å². The van der Waals surface area contributed by atoms with Crippen LogP contribution in [0, 0.1) is 5.82 Å². The standard InChI is InChI=1S/C18H11BrF10/c1-2-9-7-12(14(13(19)8-9)10-3-5-11(20)6-4-10)15(21,17(24,25)26)16(22,23)18(27,28)29/h3-8H,2H2,1H3. The summed E-state index contributed by atoms with van der Waals surface area (Å²) in [5.41, 5.74) is -9.44. The Morgan fingerprint density at radius 3 is 1.72 bits per heavy atom. The lowest BCUT2D eigenvalue weighted by Gasteiger charge is -2.37. The van der Waals surface area contributed by atoms with Crippen LogP contribution < -0.4 is 0 Å². The van der Waals surface area contributed by atoms with E-state index in [1.807, 2.05) is 0 Å². The van der Waals surface area contributed by atoms with Gasteiger partial charge in [0.05, 0.1) is 0 Å². The Balaban J connectivity index is 3.01. The van der Waals surface area contributed by atoms with Crippen molar-refractivity contribution in [3.63, 3.8) is 0 Å². The Morgan fingerprint density at radius 1 is 0.793 bits per heavy atom. The Bertz CT molecular complexity index is 883. The van der Waals surface area contributed by atoms with E-state index in [0.29, 0.717) is 6.07 Å². The lowest BCUT2D eigenvalue weighted by atomic mass is 9.81. The topological polar surface area (TPSA) is 0 Å². The second-order valence-electron chi connectivity index (χ2n) is 6.09. The van der Waals surface area contributed by atoms with Crippen LogP contribution in [0.15, 0.2) is 40.9 Å². The van der Waals surface area contributed by atoms with Gasteiger partial charge in [-0.3, -0.25) is 0 Å². The van der Waals surface area contributed by atoms with Gasteiger partial charge in [0.1, 0.15) is 5.82 Å². The number of rotatable bonds is 4. The van der Waals surface area contributed by atoms with Crippen LogP contribution in [0.5, 0.6) is 0 Å². The molecule has 2 rings (SSSR count). The third kappa shape index (κ3) is 3.85. The van der Waals surface area contributed by atoms with Crippen molar-refractivity contribution in [1.29, 1.82) is 0 Å². The molecule has 2 aromatic carbocycles. The van der Waals surface area contributed by atoms with Crippen LogP contribution >= 0.6 is 15.9 Å². The summed E-state index contributed by atoms with van der Waals surface area (Å²) < 4.78 is 135. The predicted octanol–water partition coefficient (Wildman–Crippen LogP) is 7.74. The number of halogens is 11. The van der Waals surface area contributed by atoms with E-state index in [-0.39, 0.29) is 22.0 Å². The van der Waals surface area contributed by atoms with Gasteiger partial charge in [-0.05, 0) is 35.7 Å². The zero-order valence-corrected chi connectivity index (χ0v) is 15.9. The third-order valence-electron chi connectivity index (χ3n) is 4.24. The molecule has 0 aliphatic rings. The molecule has 0 fully saturated rings. The Hall–Kier alpha value is -1.78. The Kier molecular flexibility index (Phi) is 6.06. The molecule has 0 saturated heterocycles. The van der Waals surface area contributed by atoms with Gasteiger partial charge in [0.15, 0.2) is 0 Å². The van der Waals surface area contributed by atoms with Crippen molar-refractivity contribution in [2.45, 2.75) is 37.3 Å². The van der Waals surface area contributed by atoms with Gasteiger partial charge >= 0.3 is 23.9 Å². The van der Waals surface area contributed by atoms with Crippen molar-refractivity contribution in [2.75, 3.05) is 0 Å². The summed E-state index contributed by atoms with van der Waals surface area (Å²) in [6.07, 6.45) is -13.6. The van der Waals surface area contributed by atoms with Crippen LogP contribution in [-0.4, -0.2) is 18.3 Å². The maximum absolute atomic E-state index is 15.1. The molecular weight excluding hydrogens is 486 g/mol. The maximum atomic E-state index is 15.1. The highest BCUT2D eigenvalue weighted by atomic mass is 79.9. The highest BCUT2D eigenvalue weighted by Crippen LogP contribution is 2.60. The zero-order chi connectivity index (χ0) is 22.4. The molecule has 0 heterocycles. The monoisotopic (exact) mass is 496 g/mol. The van der Waals surface area contributed by atoms with E-state index in [1.165, 1.54) is 6.92 Å². The number of hydrogen-bond donors (Lipinski definition) is 0. The molecule has 0 aliphatic heterocycles. The average molecular weight is 497 g/mol. The minimum Gasteiger partial charge on any atom is -0.221 e. The van der Waals surface area contributed by atoms with Gasteiger partial charge in [-0.25, -0.2) is 8.78 Å². The van der Waals surface area contributed by atoms with Gasteiger partial charge in [0, 0.05) is 15.6 Å². The molecule has 11 heteroatoms. The van der Waals surface area contributed by atoms with Crippen LogP contribution in [0.4, 0.5) is 43.9 Å². The fraction of sp³-hybridized carbons (Fsp3) is 0.333. The summed E-state index contributed by atoms with van der Waals surface area (Å²) in [5.74, 6) is -7.65. The maximum Gasteiger partial charge on any atom is 0.457 e. The molecule has 160 valence electrons. The molecule has 0 nitrogen and oxygen atoms in total. The van der Waals surface area contributed by atoms with Crippen molar-refractivity contribution < 1.29 is 43.9 Å². The highest BCUT2D eigenvalue weighted by Gasteiger charge is 2.82. The van der Waals surface area contributed by atoms with Crippen molar-refractivity contribution in [2.24, 2.45) is 0 Å². The highest BCUT2D eigenvalue weighted by molar-refractivity contribution is 9.10. The molecule has 1 unspecified atom stereocenters. The fourth-order valence-electron chi connectivity index (χ4n) is 2.74. The summed E-state index contributed by atoms with van der Waals surface area (Å²) in [4.78, 5) is 0. The SMILES string of the molecule is CCc1cc(Br)c(-c2ccc(F)cc2)c(C(F)(C(F)(F)F)C(F)(F)C(F)(F)F)c1. The first-order chi connectivity index (χ1) is 13.1. The third-order valence-corrected chi connectivity index (χ3v) is 4.87. The van der Waals surface area contributed by atoms with Crippen LogP contribution in [0.3, 0.4) is 0 Å². The average Bonchev–Trinajstić information content (AvgIpc) is 2.59. The first-order valence-electron chi connectivity index (χ1n) is 7.87. The molecule has 2 aromatic rings. The Morgan fingerprint density at radius 2 is 1.31 bits per heavy atom. The molecule has 0 amide bonds.